The number of carbonyl (C=O) groups excluding carboxylic acids is 3. The van der Waals surface area contributed by atoms with E-state index < -0.39 is 29.3 Å². The van der Waals surface area contributed by atoms with Crippen LogP contribution in [0.5, 0.6) is 0 Å². The number of urea groups is 1. The molecule has 1 heterocycles. The van der Waals surface area contributed by atoms with Crippen LogP contribution < -0.4 is 5.32 Å². The minimum Gasteiger partial charge on any atom is -0.277 e. The number of nitrogens with one attached hydrogen (secondary N) is 1. The molecule has 5 nitrogen and oxygen atoms in total. The lowest BCUT2D eigenvalue weighted by molar-refractivity contribution is -0.150. The van der Waals surface area contributed by atoms with Gasteiger partial charge in [-0.2, -0.15) is 0 Å². The molecule has 1 aliphatic rings. The lowest BCUT2D eigenvalue weighted by Gasteiger charge is -2.37. The van der Waals surface area contributed by atoms with E-state index in [2.05, 4.69) is 5.32 Å². The zero-order chi connectivity index (χ0) is 15.8. The maximum absolute atomic E-state index is 12.9. The summed E-state index contributed by atoms with van der Waals surface area (Å²) in [7, 11) is 0. The average molecular weight is 292 g/mol. The molecule has 4 amide bonds. The Balaban J connectivity index is 2.19. The van der Waals surface area contributed by atoms with E-state index in [9.17, 15) is 18.8 Å². The van der Waals surface area contributed by atoms with Crippen molar-refractivity contribution in [3.8, 4) is 0 Å². The van der Waals surface area contributed by atoms with Crippen molar-refractivity contribution >= 4 is 17.8 Å². The second-order valence-corrected chi connectivity index (χ2v) is 5.74. The molecular weight excluding hydrogens is 275 g/mol. The van der Waals surface area contributed by atoms with Gasteiger partial charge < -0.3 is 0 Å². The molecule has 0 saturated carbocycles. The van der Waals surface area contributed by atoms with Crippen molar-refractivity contribution in [1.29, 1.82) is 0 Å². The van der Waals surface area contributed by atoms with Crippen LogP contribution in [0.4, 0.5) is 9.18 Å². The van der Waals surface area contributed by atoms with Gasteiger partial charge in [-0.15, -0.1) is 0 Å². The Kier molecular flexibility index (Phi) is 3.80. The number of benzene rings is 1. The van der Waals surface area contributed by atoms with Gasteiger partial charge in [0.1, 0.15) is 11.2 Å². The molecule has 1 aliphatic heterocycles. The molecule has 6 heteroatoms. The third-order valence-corrected chi connectivity index (χ3v) is 3.65. The van der Waals surface area contributed by atoms with Gasteiger partial charge in [0, 0.05) is 6.04 Å². The van der Waals surface area contributed by atoms with Gasteiger partial charge in [0.25, 0.3) is 0 Å². The molecule has 0 aliphatic carbocycles. The van der Waals surface area contributed by atoms with E-state index in [-0.39, 0.29) is 5.82 Å². The van der Waals surface area contributed by atoms with Gasteiger partial charge in [-0.1, -0.05) is 12.1 Å². The molecular formula is C15H17FN2O3. The Hall–Kier alpha value is -2.24. The van der Waals surface area contributed by atoms with Gasteiger partial charge in [0.2, 0.25) is 11.8 Å². The molecule has 0 spiro atoms. The summed E-state index contributed by atoms with van der Waals surface area (Å²) in [6, 6.07) is 4.72. The van der Waals surface area contributed by atoms with Crippen LogP contribution >= 0.6 is 0 Å². The summed E-state index contributed by atoms with van der Waals surface area (Å²) in [5, 5.41) is 2.19. The molecule has 1 N–H and O–H groups in total. The second-order valence-electron chi connectivity index (χ2n) is 5.74. The summed E-state index contributed by atoms with van der Waals surface area (Å²) in [5.41, 5.74) is -0.468. The van der Waals surface area contributed by atoms with Crippen LogP contribution in [0, 0.1) is 11.2 Å². The van der Waals surface area contributed by atoms with Gasteiger partial charge in [-0.05, 0) is 44.9 Å². The fraction of sp³-hybridized carbons (Fsp3) is 0.400. The Morgan fingerprint density at radius 1 is 1.19 bits per heavy atom. The van der Waals surface area contributed by atoms with Gasteiger partial charge in [0.05, 0.1) is 0 Å². The first-order chi connectivity index (χ1) is 9.73. The van der Waals surface area contributed by atoms with E-state index in [0.717, 1.165) is 10.5 Å². The predicted molar refractivity (Wildman–Crippen MR) is 73.7 cm³/mol. The minimum absolute atomic E-state index is 0.343. The van der Waals surface area contributed by atoms with Gasteiger partial charge in [0.15, 0.2) is 0 Å². The number of halogens is 1. The van der Waals surface area contributed by atoms with Crippen molar-refractivity contribution < 1.29 is 18.8 Å². The molecule has 2 rings (SSSR count). The summed E-state index contributed by atoms with van der Waals surface area (Å²) in [5.74, 6) is -1.46. The van der Waals surface area contributed by atoms with Crippen molar-refractivity contribution in [3.63, 3.8) is 0 Å². The van der Waals surface area contributed by atoms with Crippen LogP contribution in [0.15, 0.2) is 24.3 Å². The first kappa shape index (κ1) is 15.2. The molecule has 1 unspecified atom stereocenters. The van der Waals surface area contributed by atoms with Crippen LogP contribution in [0.1, 0.15) is 26.3 Å². The highest BCUT2D eigenvalue weighted by molar-refractivity contribution is 6.18. The van der Waals surface area contributed by atoms with Crippen molar-refractivity contribution in [3.05, 3.63) is 35.6 Å². The number of nitrogens with zero attached hydrogens (tertiary/aromatic N) is 1. The second kappa shape index (κ2) is 5.27. The Labute approximate surface area is 122 Å². The molecule has 0 aromatic heterocycles. The molecule has 21 heavy (non-hydrogen) atoms. The van der Waals surface area contributed by atoms with Crippen molar-refractivity contribution in [2.45, 2.75) is 33.2 Å². The third-order valence-electron chi connectivity index (χ3n) is 3.65. The molecule has 1 atom stereocenters. The topological polar surface area (TPSA) is 66.5 Å². The highest BCUT2D eigenvalue weighted by Crippen LogP contribution is 2.25. The van der Waals surface area contributed by atoms with Crippen molar-refractivity contribution in [2.75, 3.05) is 0 Å². The normalized spacial score (nSPS) is 19.4. The minimum atomic E-state index is -1.27. The Bertz CT molecular complexity index is 595. The van der Waals surface area contributed by atoms with E-state index in [1.54, 1.807) is 19.1 Å². The SMILES string of the molecule is CC(Cc1ccc(F)cc1)N1C(=O)NC(=O)C(C)(C)C1=O. The van der Waals surface area contributed by atoms with Crippen LogP contribution in [0.3, 0.4) is 0 Å². The molecule has 1 saturated heterocycles. The quantitative estimate of drug-likeness (QED) is 0.865. The van der Waals surface area contributed by atoms with Crippen molar-refractivity contribution in [1.82, 2.24) is 10.2 Å². The molecule has 0 bridgehead atoms. The first-order valence-electron chi connectivity index (χ1n) is 6.67. The lowest BCUT2D eigenvalue weighted by Crippen LogP contribution is -2.64. The fourth-order valence-electron chi connectivity index (χ4n) is 2.26. The van der Waals surface area contributed by atoms with E-state index >= 15 is 0 Å². The van der Waals surface area contributed by atoms with Gasteiger partial charge >= 0.3 is 6.03 Å². The van der Waals surface area contributed by atoms with E-state index in [1.165, 1.54) is 26.0 Å². The van der Waals surface area contributed by atoms with Gasteiger partial charge in [-0.3, -0.25) is 19.8 Å². The molecule has 1 aromatic rings. The molecule has 1 fully saturated rings. The third kappa shape index (κ3) is 2.79. The summed E-state index contributed by atoms with van der Waals surface area (Å²) < 4.78 is 12.9. The maximum Gasteiger partial charge on any atom is 0.331 e. The Morgan fingerprint density at radius 3 is 2.33 bits per heavy atom. The lowest BCUT2D eigenvalue weighted by atomic mass is 9.87. The maximum atomic E-state index is 12.9. The van der Waals surface area contributed by atoms with Crippen molar-refractivity contribution in [2.24, 2.45) is 5.41 Å². The number of barbiturate groups is 1. The molecule has 1 aromatic carbocycles. The van der Waals surface area contributed by atoms with Crippen LogP contribution in [-0.4, -0.2) is 28.8 Å². The zero-order valence-corrected chi connectivity index (χ0v) is 12.1. The standard InChI is InChI=1S/C15H17FN2O3/c1-9(8-10-4-6-11(16)7-5-10)18-13(20)15(2,3)12(19)17-14(18)21/h4-7,9H,8H2,1-3H3,(H,17,19,21). The molecule has 0 radical (unpaired) electrons. The van der Waals surface area contributed by atoms with E-state index in [4.69, 9.17) is 0 Å². The zero-order valence-electron chi connectivity index (χ0n) is 12.1. The van der Waals surface area contributed by atoms with E-state index in [0.29, 0.717) is 6.42 Å². The van der Waals surface area contributed by atoms with Crippen LogP contribution in [0.2, 0.25) is 0 Å². The number of imide groups is 2. The Morgan fingerprint density at radius 2 is 1.76 bits per heavy atom. The fourth-order valence-corrected chi connectivity index (χ4v) is 2.26. The summed E-state index contributed by atoms with van der Waals surface area (Å²) in [6.07, 6.45) is 0.393. The monoisotopic (exact) mass is 292 g/mol. The molecule has 112 valence electrons. The largest absolute Gasteiger partial charge is 0.331 e. The number of hydrogen-bond acceptors (Lipinski definition) is 3. The number of hydrogen-bond donors (Lipinski definition) is 1. The van der Waals surface area contributed by atoms with Gasteiger partial charge in [-0.25, -0.2) is 9.18 Å². The van der Waals surface area contributed by atoms with Crippen LogP contribution in [0.25, 0.3) is 0 Å². The summed E-state index contributed by atoms with van der Waals surface area (Å²) in [4.78, 5) is 37.0. The summed E-state index contributed by atoms with van der Waals surface area (Å²) >= 11 is 0. The predicted octanol–water partition coefficient (Wildman–Crippen LogP) is 1.86. The number of carbonyl (C=O) groups is 3. The first-order valence-corrected chi connectivity index (χ1v) is 6.67. The van der Waals surface area contributed by atoms with E-state index in [1.807, 2.05) is 0 Å². The highest BCUT2D eigenvalue weighted by Gasteiger charge is 2.48. The smallest absolute Gasteiger partial charge is 0.277 e. The highest BCUT2D eigenvalue weighted by atomic mass is 19.1. The number of rotatable bonds is 3. The van der Waals surface area contributed by atoms with Crippen LogP contribution in [-0.2, 0) is 16.0 Å². The number of amides is 4. The summed E-state index contributed by atoms with van der Waals surface area (Å²) in [6.45, 7) is 4.68. The average Bonchev–Trinajstić information content (AvgIpc) is 2.40.